The number of amides is 1. The molecule has 0 aromatic carbocycles. The van der Waals surface area contributed by atoms with E-state index in [9.17, 15) is 14.9 Å². The maximum absolute atomic E-state index is 12.0. The van der Waals surface area contributed by atoms with Crippen molar-refractivity contribution in [1.29, 1.82) is 0 Å². The first-order chi connectivity index (χ1) is 11.1. The van der Waals surface area contributed by atoms with Crippen molar-refractivity contribution in [1.82, 2.24) is 15.2 Å². The summed E-state index contributed by atoms with van der Waals surface area (Å²) >= 11 is 0. The van der Waals surface area contributed by atoms with Crippen LogP contribution in [-0.4, -0.2) is 66.7 Å². The van der Waals surface area contributed by atoms with Crippen LogP contribution in [0.15, 0.2) is 18.3 Å². The van der Waals surface area contributed by atoms with Crippen LogP contribution in [0.3, 0.4) is 0 Å². The van der Waals surface area contributed by atoms with Gasteiger partial charge in [0.15, 0.2) is 0 Å². The van der Waals surface area contributed by atoms with Crippen molar-refractivity contribution in [2.75, 3.05) is 45.2 Å². The minimum Gasteiger partial charge on any atom is -0.383 e. The molecule has 0 spiro atoms. The van der Waals surface area contributed by atoms with Gasteiger partial charge >= 0.3 is 0 Å². The maximum atomic E-state index is 12.0. The van der Waals surface area contributed by atoms with Crippen LogP contribution in [0.5, 0.6) is 0 Å². The number of likely N-dealkylation sites (tertiary alicyclic amines) is 1. The molecule has 2 heterocycles. The van der Waals surface area contributed by atoms with Crippen LogP contribution in [-0.2, 0) is 9.53 Å². The molecule has 1 atom stereocenters. The number of nitrogens with zero attached hydrogens (tertiary/aromatic N) is 3. The van der Waals surface area contributed by atoms with Crippen molar-refractivity contribution < 1.29 is 14.5 Å². The summed E-state index contributed by atoms with van der Waals surface area (Å²) in [6.45, 7) is 2.80. The predicted octanol–water partition coefficient (Wildman–Crippen LogP) is 1.08. The number of carbonyl (C=O) groups excluding carboxylic acids is 1. The summed E-state index contributed by atoms with van der Waals surface area (Å²) in [6, 6.07) is 3.09. The molecule has 2 rings (SSSR count). The standard InChI is InChI=1S/C14H21N5O4.2ClH/c1-23-7-5-15-9-14(20)18-6-4-11(10-18)17-13-3-2-12(8-16-13)19(21)22;;/h2-3,8,11,15H,4-7,9-10H2,1H3,(H,16,17);2*1H. The first-order valence-electron chi connectivity index (χ1n) is 7.44. The Hall–Kier alpha value is -1.68. The maximum Gasteiger partial charge on any atom is 0.287 e. The van der Waals surface area contributed by atoms with Gasteiger partial charge in [0.2, 0.25) is 5.91 Å². The van der Waals surface area contributed by atoms with Gasteiger partial charge in [0.25, 0.3) is 5.69 Å². The lowest BCUT2D eigenvalue weighted by atomic mass is 10.2. The molecular weight excluding hydrogens is 373 g/mol. The van der Waals surface area contributed by atoms with Gasteiger partial charge in [0, 0.05) is 38.9 Å². The fraction of sp³-hybridized carbons (Fsp3) is 0.571. The highest BCUT2D eigenvalue weighted by atomic mass is 35.5. The number of carbonyl (C=O) groups is 1. The van der Waals surface area contributed by atoms with Crippen molar-refractivity contribution in [3.8, 4) is 0 Å². The van der Waals surface area contributed by atoms with Gasteiger partial charge in [-0.3, -0.25) is 14.9 Å². The Labute approximate surface area is 158 Å². The molecule has 1 aromatic heterocycles. The highest BCUT2D eigenvalue weighted by Crippen LogP contribution is 2.16. The number of nitro groups is 1. The predicted molar refractivity (Wildman–Crippen MR) is 98.7 cm³/mol. The van der Waals surface area contributed by atoms with Gasteiger partial charge in [0.05, 0.1) is 18.1 Å². The van der Waals surface area contributed by atoms with E-state index in [2.05, 4.69) is 15.6 Å². The van der Waals surface area contributed by atoms with Gasteiger partial charge in [-0.25, -0.2) is 4.98 Å². The highest BCUT2D eigenvalue weighted by molar-refractivity contribution is 5.85. The summed E-state index contributed by atoms with van der Waals surface area (Å²) in [6.07, 6.45) is 2.04. The molecule has 1 aliphatic heterocycles. The van der Waals surface area contributed by atoms with Crippen molar-refractivity contribution >= 4 is 42.2 Å². The zero-order valence-corrected chi connectivity index (χ0v) is 15.5. The quantitative estimate of drug-likeness (QED) is 0.384. The minimum atomic E-state index is -0.483. The van der Waals surface area contributed by atoms with E-state index in [1.165, 1.54) is 12.3 Å². The average molecular weight is 396 g/mol. The molecule has 25 heavy (non-hydrogen) atoms. The number of nitrogens with one attached hydrogen (secondary N) is 2. The lowest BCUT2D eigenvalue weighted by Gasteiger charge is -2.17. The van der Waals surface area contributed by atoms with E-state index in [0.717, 1.165) is 6.42 Å². The van der Waals surface area contributed by atoms with E-state index in [4.69, 9.17) is 4.74 Å². The Kier molecular flexibility index (Phi) is 11.0. The Balaban J connectivity index is 0.00000288. The van der Waals surface area contributed by atoms with E-state index in [0.29, 0.717) is 38.6 Å². The summed E-state index contributed by atoms with van der Waals surface area (Å²) < 4.78 is 4.91. The molecule has 0 aliphatic carbocycles. The lowest BCUT2D eigenvalue weighted by Crippen LogP contribution is -2.38. The summed E-state index contributed by atoms with van der Waals surface area (Å²) in [5, 5.41) is 16.8. The van der Waals surface area contributed by atoms with Gasteiger partial charge in [-0.05, 0) is 12.5 Å². The van der Waals surface area contributed by atoms with Gasteiger partial charge in [-0.2, -0.15) is 0 Å². The molecular formula is C14H23Cl2N5O4. The number of hydrogen-bond acceptors (Lipinski definition) is 7. The SMILES string of the molecule is COCCNCC(=O)N1CCC(Nc2ccc([N+](=O)[O-])cn2)C1.Cl.Cl. The number of ether oxygens (including phenoxy) is 1. The number of hydrogen-bond donors (Lipinski definition) is 2. The summed E-state index contributed by atoms with van der Waals surface area (Å²) in [5.74, 6) is 0.634. The van der Waals surface area contributed by atoms with Crippen LogP contribution in [0, 0.1) is 10.1 Å². The molecule has 11 heteroatoms. The molecule has 142 valence electrons. The number of anilines is 1. The molecule has 1 fully saturated rings. The second kappa shape index (κ2) is 11.8. The Bertz CT molecular complexity index is 547. The number of pyridine rings is 1. The molecule has 1 aliphatic rings. The van der Waals surface area contributed by atoms with Gasteiger partial charge in [-0.15, -0.1) is 24.8 Å². The number of halogens is 2. The molecule has 1 amide bonds. The number of rotatable bonds is 8. The lowest BCUT2D eigenvalue weighted by molar-refractivity contribution is -0.385. The fourth-order valence-corrected chi connectivity index (χ4v) is 2.37. The third-order valence-electron chi connectivity index (χ3n) is 3.61. The van der Waals surface area contributed by atoms with Crippen LogP contribution >= 0.6 is 24.8 Å². The van der Waals surface area contributed by atoms with Crippen LogP contribution in [0.1, 0.15) is 6.42 Å². The third-order valence-corrected chi connectivity index (χ3v) is 3.61. The van der Waals surface area contributed by atoms with E-state index < -0.39 is 4.92 Å². The van der Waals surface area contributed by atoms with Crippen LogP contribution in [0.25, 0.3) is 0 Å². The number of aromatic nitrogens is 1. The van der Waals surface area contributed by atoms with Crippen molar-refractivity contribution in [2.45, 2.75) is 12.5 Å². The summed E-state index contributed by atoms with van der Waals surface area (Å²) in [5.41, 5.74) is -0.0408. The Morgan fingerprint density at radius 1 is 1.48 bits per heavy atom. The Morgan fingerprint density at radius 3 is 2.84 bits per heavy atom. The van der Waals surface area contributed by atoms with E-state index in [1.807, 2.05) is 0 Å². The summed E-state index contributed by atoms with van der Waals surface area (Å²) in [4.78, 5) is 28.0. The molecule has 1 saturated heterocycles. The second-order valence-electron chi connectivity index (χ2n) is 5.30. The normalized spacial score (nSPS) is 15.9. The molecule has 0 saturated carbocycles. The van der Waals surface area contributed by atoms with Gasteiger partial charge in [-0.1, -0.05) is 0 Å². The van der Waals surface area contributed by atoms with E-state index in [1.54, 1.807) is 18.1 Å². The zero-order valence-electron chi connectivity index (χ0n) is 13.8. The van der Waals surface area contributed by atoms with Crippen LogP contribution in [0.4, 0.5) is 11.5 Å². The molecule has 0 bridgehead atoms. The molecule has 9 nitrogen and oxygen atoms in total. The van der Waals surface area contributed by atoms with E-state index in [-0.39, 0.29) is 42.5 Å². The molecule has 1 unspecified atom stereocenters. The monoisotopic (exact) mass is 395 g/mol. The second-order valence-corrected chi connectivity index (χ2v) is 5.30. The Morgan fingerprint density at radius 2 is 2.24 bits per heavy atom. The fourth-order valence-electron chi connectivity index (χ4n) is 2.37. The van der Waals surface area contributed by atoms with Crippen molar-refractivity contribution in [3.63, 3.8) is 0 Å². The van der Waals surface area contributed by atoms with Gasteiger partial charge < -0.3 is 20.3 Å². The van der Waals surface area contributed by atoms with Crippen LogP contribution in [0.2, 0.25) is 0 Å². The first-order valence-corrected chi connectivity index (χ1v) is 7.44. The topological polar surface area (TPSA) is 110 Å². The molecule has 1 aromatic rings. The van der Waals surface area contributed by atoms with Crippen molar-refractivity contribution in [3.05, 3.63) is 28.4 Å². The van der Waals surface area contributed by atoms with Gasteiger partial charge in [0.1, 0.15) is 12.0 Å². The summed E-state index contributed by atoms with van der Waals surface area (Å²) in [7, 11) is 1.62. The highest BCUT2D eigenvalue weighted by Gasteiger charge is 2.26. The molecule has 2 N–H and O–H groups in total. The van der Waals surface area contributed by atoms with E-state index >= 15 is 0 Å². The number of methoxy groups -OCH3 is 1. The smallest absolute Gasteiger partial charge is 0.287 e. The zero-order chi connectivity index (χ0) is 16.7. The van der Waals surface area contributed by atoms with Crippen LogP contribution < -0.4 is 10.6 Å². The average Bonchev–Trinajstić information content (AvgIpc) is 3.00. The van der Waals surface area contributed by atoms with Crippen molar-refractivity contribution in [2.24, 2.45) is 0 Å². The molecule has 0 radical (unpaired) electrons. The first kappa shape index (κ1) is 23.3. The third kappa shape index (κ3) is 7.39. The minimum absolute atomic E-state index is 0. The largest absolute Gasteiger partial charge is 0.383 e.